The summed E-state index contributed by atoms with van der Waals surface area (Å²) in [6, 6.07) is -1.15. The summed E-state index contributed by atoms with van der Waals surface area (Å²) >= 11 is 0. The first-order chi connectivity index (χ1) is 8.91. The molecule has 1 atom stereocenters. The van der Waals surface area contributed by atoms with E-state index in [0.717, 1.165) is 4.90 Å². The van der Waals surface area contributed by atoms with Gasteiger partial charge in [-0.05, 0) is 6.92 Å². The Hall–Kier alpha value is -2.25. The van der Waals surface area contributed by atoms with Gasteiger partial charge in [0.1, 0.15) is 6.04 Å². The van der Waals surface area contributed by atoms with Crippen LogP contribution in [0.15, 0.2) is 0 Å². The summed E-state index contributed by atoms with van der Waals surface area (Å²) < 4.78 is 0. The summed E-state index contributed by atoms with van der Waals surface area (Å²) in [5.74, 6) is -3.12. The predicted octanol–water partition coefficient (Wildman–Crippen LogP) is -0.869. The van der Waals surface area contributed by atoms with Crippen molar-refractivity contribution < 1.29 is 28.8 Å². The van der Waals surface area contributed by atoms with Crippen LogP contribution >= 0.6 is 0 Å². The molecule has 0 aliphatic carbocycles. The van der Waals surface area contributed by atoms with Crippen molar-refractivity contribution in [3.8, 4) is 0 Å². The van der Waals surface area contributed by atoms with Crippen LogP contribution in [-0.4, -0.2) is 45.6 Å². The molecule has 0 N–H and O–H groups in total. The molecule has 2 aliphatic rings. The molecular weight excluding hydrogens is 256 g/mol. The van der Waals surface area contributed by atoms with Gasteiger partial charge in [0.2, 0.25) is 11.8 Å². The molecule has 8 heteroatoms. The second-order valence-corrected chi connectivity index (χ2v) is 4.33. The summed E-state index contributed by atoms with van der Waals surface area (Å²) in [5.41, 5.74) is 0. The quantitative estimate of drug-likeness (QED) is 0.617. The lowest BCUT2D eigenvalue weighted by molar-refractivity contribution is -0.201. The van der Waals surface area contributed by atoms with Crippen LogP contribution in [0.5, 0.6) is 0 Å². The van der Waals surface area contributed by atoms with Crippen molar-refractivity contribution in [2.75, 3.05) is 0 Å². The molecule has 2 aliphatic heterocycles. The SMILES string of the molecule is CC(C(=O)ON1C(=O)CCC1=O)N1C(=O)CCC1=O. The first-order valence-corrected chi connectivity index (χ1v) is 5.84. The molecule has 0 aromatic carbocycles. The molecule has 1 unspecified atom stereocenters. The molecule has 2 heterocycles. The molecule has 19 heavy (non-hydrogen) atoms. The molecule has 8 nitrogen and oxygen atoms in total. The van der Waals surface area contributed by atoms with Crippen molar-refractivity contribution in [1.29, 1.82) is 0 Å². The minimum Gasteiger partial charge on any atom is -0.328 e. The highest BCUT2D eigenvalue weighted by atomic mass is 16.7. The Labute approximate surface area is 108 Å². The number of likely N-dealkylation sites (tertiary alicyclic amines) is 1. The Balaban J connectivity index is 2.03. The van der Waals surface area contributed by atoms with Gasteiger partial charge in [-0.3, -0.25) is 24.1 Å². The van der Waals surface area contributed by atoms with Gasteiger partial charge < -0.3 is 4.84 Å². The van der Waals surface area contributed by atoms with E-state index in [-0.39, 0.29) is 25.7 Å². The Morgan fingerprint density at radius 3 is 1.84 bits per heavy atom. The second kappa shape index (κ2) is 4.79. The summed E-state index contributed by atoms with van der Waals surface area (Å²) in [5, 5.41) is 0.393. The lowest BCUT2D eigenvalue weighted by Crippen LogP contribution is -2.46. The molecule has 4 amide bonds. The van der Waals surface area contributed by atoms with E-state index in [1.807, 2.05) is 0 Å². The number of hydrogen-bond donors (Lipinski definition) is 0. The van der Waals surface area contributed by atoms with Gasteiger partial charge in [-0.25, -0.2) is 4.79 Å². The fraction of sp³-hybridized carbons (Fsp3) is 0.545. The number of carbonyl (C=O) groups excluding carboxylic acids is 5. The highest BCUT2D eigenvalue weighted by Crippen LogP contribution is 2.18. The highest BCUT2D eigenvalue weighted by Gasteiger charge is 2.40. The molecule has 102 valence electrons. The van der Waals surface area contributed by atoms with Crippen LogP contribution in [0.25, 0.3) is 0 Å². The third-order valence-corrected chi connectivity index (χ3v) is 3.01. The number of imide groups is 2. The van der Waals surface area contributed by atoms with E-state index in [4.69, 9.17) is 0 Å². The van der Waals surface area contributed by atoms with Gasteiger partial charge in [0.15, 0.2) is 0 Å². The number of nitrogens with zero attached hydrogens (tertiary/aromatic N) is 2. The first-order valence-electron chi connectivity index (χ1n) is 5.84. The monoisotopic (exact) mass is 268 g/mol. The Morgan fingerprint density at radius 2 is 1.37 bits per heavy atom. The van der Waals surface area contributed by atoms with Gasteiger partial charge in [0.05, 0.1) is 0 Å². The van der Waals surface area contributed by atoms with E-state index in [9.17, 15) is 24.0 Å². The highest BCUT2D eigenvalue weighted by molar-refractivity contribution is 6.05. The van der Waals surface area contributed by atoms with Crippen molar-refractivity contribution >= 4 is 29.6 Å². The average Bonchev–Trinajstić information content (AvgIpc) is 2.85. The summed E-state index contributed by atoms with van der Waals surface area (Å²) in [6.07, 6.45) is 0.0835. The second-order valence-electron chi connectivity index (χ2n) is 4.33. The van der Waals surface area contributed by atoms with Crippen LogP contribution in [0.3, 0.4) is 0 Å². The summed E-state index contributed by atoms with van der Waals surface area (Å²) in [7, 11) is 0. The Kier molecular flexibility index (Phi) is 3.32. The maximum absolute atomic E-state index is 11.8. The van der Waals surface area contributed by atoms with Gasteiger partial charge in [0.25, 0.3) is 11.8 Å². The van der Waals surface area contributed by atoms with Crippen LogP contribution in [0.2, 0.25) is 0 Å². The van der Waals surface area contributed by atoms with E-state index in [2.05, 4.69) is 4.84 Å². The van der Waals surface area contributed by atoms with Crippen molar-refractivity contribution in [3.63, 3.8) is 0 Å². The Morgan fingerprint density at radius 1 is 0.947 bits per heavy atom. The van der Waals surface area contributed by atoms with E-state index in [1.165, 1.54) is 6.92 Å². The average molecular weight is 268 g/mol. The van der Waals surface area contributed by atoms with Crippen LogP contribution in [0.4, 0.5) is 0 Å². The Bertz CT molecular complexity index is 454. The molecule has 2 saturated heterocycles. The molecule has 2 fully saturated rings. The smallest absolute Gasteiger partial charge is 0.328 e. The fourth-order valence-electron chi connectivity index (χ4n) is 1.96. The third kappa shape index (κ3) is 2.33. The zero-order valence-corrected chi connectivity index (χ0v) is 10.2. The molecule has 0 aromatic heterocycles. The molecule has 0 spiro atoms. The van der Waals surface area contributed by atoms with Crippen molar-refractivity contribution in [3.05, 3.63) is 0 Å². The maximum atomic E-state index is 11.8. The molecular formula is C11H12N2O6. The van der Waals surface area contributed by atoms with E-state index in [0.29, 0.717) is 5.06 Å². The van der Waals surface area contributed by atoms with Crippen LogP contribution in [0, 0.1) is 0 Å². The van der Waals surface area contributed by atoms with Gasteiger partial charge in [-0.2, -0.15) is 0 Å². The van der Waals surface area contributed by atoms with Crippen molar-refractivity contribution in [1.82, 2.24) is 9.96 Å². The normalized spacial score (nSPS) is 21.3. The third-order valence-electron chi connectivity index (χ3n) is 3.01. The molecule has 0 bridgehead atoms. The van der Waals surface area contributed by atoms with Gasteiger partial charge in [0, 0.05) is 25.7 Å². The first kappa shape index (κ1) is 13.2. The summed E-state index contributed by atoms with van der Waals surface area (Å²) in [6.45, 7) is 1.31. The van der Waals surface area contributed by atoms with Crippen LogP contribution in [-0.2, 0) is 28.8 Å². The van der Waals surface area contributed by atoms with Crippen molar-refractivity contribution in [2.45, 2.75) is 38.6 Å². The topological polar surface area (TPSA) is 101 Å². The zero-order chi connectivity index (χ0) is 14.2. The fourth-order valence-corrected chi connectivity index (χ4v) is 1.96. The number of amides is 4. The van der Waals surface area contributed by atoms with Crippen LogP contribution < -0.4 is 0 Å². The minimum atomic E-state index is -1.15. The lowest BCUT2D eigenvalue weighted by Gasteiger charge is -2.22. The zero-order valence-electron chi connectivity index (χ0n) is 10.2. The number of carbonyl (C=O) groups is 5. The number of hydroxylamine groups is 2. The van der Waals surface area contributed by atoms with Gasteiger partial charge >= 0.3 is 5.97 Å². The largest absolute Gasteiger partial charge is 0.355 e. The molecule has 0 aromatic rings. The number of hydrogen-bond acceptors (Lipinski definition) is 6. The van der Waals surface area contributed by atoms with E-state index < -0.39 is 35.6 Å². The lowest BCUT2D eigenvalue weighted by atomic mass is 10.3. The molecule has 0 saturated carbocycles. The number of rotatable bonds is 3. The minimum absolute atomic E-state index is 0.0118. The van der Waals surface area contributed by atoms with Crippen LogP contribution in [0.1, 0.15) is 32.6 Å². The van der Waals surface area contributed by atoms with E-state index >= 15 is 0 Å². The van der Waals surface area contributed by atoms with Gasteiger partial charge in [-0.1, -0.05) is 0 Å². The molecule has 2 rings (SSSR count). The maximum Gasteiger partial charge on any atom is 0.355 e. The summed E-state index contributed by atoms with van der Waals surface area (Å²) in [4.78, 5) is 62.6. The predicted molar refractivity (Wildman–Crippen MR) is 57.7 cm³/mol. The molecule has 0 radical (unpaired) electrons. The van der Waals surface area contributed by atoms with Gasteiger partial charge in [-0.15, -0.1) is 5.06 Å². The van der Waals surface area contributed by atoms with Crippen molar-refractivity contribution in [2.24, 2.45) is 0 Å². The standard InChI is InChI=1S/C11H12N2O6/c1-6(12-7(14)2-3-8(12)15)11(18)19-13-9(16)4-5-10(13)17/h6H,2-5H2,1H3. The van der Waals surface area contributed by atoms with E-state index in [1.54, 1.807) is 0 Å².